The number of para-hydroxylation sites is 1. The topological polar surface area (TPSA) is 64.4 Å². The fourth-order valence-electron chi connectivity index (χ4n) is 2.24. The molecule has 0 unspecified atom stereocenters. The van der Waals surface area contributed by atoms with Crippen molar-refractivity contribution in [3.8, 4) is 11.3 Å². The van der Waals surface area contributed by atoms with Gasteiger partial charge < -0.3 is 14.5 Å². The van der Waals surface area contributed by atoms with Gasteiger partial charge in [0.2, 0.25) is 0 Å². The number of anilines is 1. The summed E-state index contributed by atoms with van der Waals surface area (Å²) >= 11 is 0. The fourth-order valence-corrected chi connectivity index (χ4v) is 2.24. The Balaban J connectivity index is 1.99. The number of allylic oxidation sites excluding steroid dienone is 1. The Bertz CT molecular complexity index is 676. The number of carbonyl (C=O) groups is 1. The maximum Gasteiger partial charge on any atom is 0.305 e. The molecule has 0 saturated carbocycles. The summed E-state index contributed by atoms with van der Waals surface area (Å²) in [4.78, 5) is 15.6. The average Bonchev–Trinajstić information content (AvgIpc) is 3.00. The van der Waals surface area contributed by atoms with Gasteiger partial charge in [-0.05, 0) is 25.8 Å². The third-order valence-corrected chi connectivity index (χ3v) is 3.35. The minimum Gasteiger partial charge on any atom is -0.469 e. The molecule has 2 aromatic rings. The van der Waals surface area contributed by atoms with Crippen molar-refractivity contribution in [1.82, 2.24) is 4.98 Å². The van der Waals surface area contributed by atoms with E-state index in [9.17, 15) is 4.79 Å². The Morgan fingerprint density at radius 2 is 2.13 bits per heavy atom. The van der Waals surface area contributed by atoms with Gasteiger partial charge in [0.05, 0.1) is 7.11 Å². The van der Waals surface area contributed by atoms with Crippen LogP contribution in [0.4, 0.5) is 5.69 Å². The third-order valence-electron chi connectivity index (χ3n) is 3.35. The largest absolute Gasteiger partial charge is 0.469 e. The van der Waals surface area contributed by atoms with Gasteiger partial charge in [-0.25, -0.2) is 4.98 Å². The van der Waals surface area contributed by atoms with Crippen LogP contribution in [-0.4, -0.2) is 18.1 Å². The van der Waals surface area contributed by atoms with Crippen molar-refractivity contribution in [2.45, 2.75) is 32.6 Å². The predicted octanol–water partition coefficient (Wildman–Crippen LogP) is 4.17. The van der Waals surface area contributed by atoms with Crippen molar-refractivity contribution in [2.24, 2.45) is 0 Å². The summed E-state index contributed by atoms with van der Waals surface area (Å²) in [6, 6.07) is 7.89. The maximum atomic E-state index is 11.1. The van der Waals surface area contributed by atoms with Gasteiger partial charge in [-0.15, -0.1) is 0 Å². The molecule has 2 rings (SSSR count). The van der Waals surface area contributed by atoms with E-state index in [0.29, 0.717) is 18.7 Å². The normalized spacial score (nSPS) is 10.3. The molecule has 0 atom stereocenters. The van der Waals surface area contributed by atoms with E-state index in [-0.39, 0.29) is 5.97 Å². The number of esters is 1. The van der Waals surface area contributed by atoms with Crippen LogP contribution in [0.15, 0.2) is 47.2 Å². The van der Waals surface area contributed by atoms with Crippen LogP contribution in [0.5, 0.6) is 0 Å². The highest BCUT2D eigenvalue weighted by molar-refractivity contribution is 5.76. The number of nitrogens with one attached hydrogen (secondary N) is 1. The first-order chi connectivity index (χ1) is 11.1. The smallest absolute Gasteiger partial charge is 0.305 e. The van der Waals surface area contributed by atoms with E-state index in [1.165, 1.54) is 7.11 Å². The number of rotatable bonds is 8. The molecule has 0 fully saturated rings. The number of ether oxygens (including phenoxy) is 1. The fraction of sp³-hybridized carbons (Fsp3) is 0.333. The number of unbranched alkanes of at least 4 members (excludes halogenated alkanes) is 1. The molecule has 0 radical (unpaired) electrons. The molecule has 1 aromatic heterocycles. The maximum absolute atomic E-state index is 11.1. The molecule has 5 nitrogen and oxygen atoms in total. The molecule has 122 valence electrons. The van der Waals surface area contributed by atoms with E-state index >= 15 is 0 Å². The zero-order chi connectivity index (χ0) is 16.7. The van der Waals surface area contributed by atoms with Crippen LogP contribution in [0, 0.1) is 0 Å². The second-order valence-electron chi connectivity index (χ2n) is 5.36. The number of aromatic nitrogens is 1. The van der Waals surface area contributed by atoms with Crippen molar-refractivity contribution >= 4 is 11.7 Å². The molecule has 1 aromatic carbocycles. The lowest BCUT2D eigenvalue weighted by molar-refractivity contribution is -0.140. The van der Waals surface area contributed by atoms with Gasteiger partial charge in [-0.1, -0.05) is 24.8 Å². The molecule has 0 aliphatic heterocycles. The predicted molar refractivity (Wildman–Crippen MR) is 89.9 cm³/mol. The van der Waals surface area contributed by atoms with E-state index in [0.717, 1.165) is 35.5 Å². The van der Waals surface area contributed by atoms with Crippen LogP contribution >= 0.6 is 0 Å². The first kappa shape index (κ1) is 16.8. The van der Waals surface area contributed by atoms with Gasteiger partial charge in [-0.3, -0.25) is 4.79 Å². The van der Waals surface area contributed by atoms with E-state index in [2.05, 4.69) is 21.6 Å². The summed E-state index contributed by atoms with van der Waals surface area (Å²) in [5, 5.41) is 3.22. The van der Waals surface area contributed by atoms with Crippen LogP contribution in [0.1, 0.15) is 32.1 Å². The lowest BCUT2D eigenvalue weighted by Gasteiger charge is -2.09. The molecule has 0 spiro atoms. The molecule has 0 saturated heterocycles. The van der Waals surface area contributed by atoms with Gasteiger partial charge in [0.25, 0.3) is 0 Å². The summed E-state index contributed by atoms with van der Waals surface area (Å²) in [7, 11) is 1.40. The molecule has 0 aliphatic carbocycles. The highest BCUT2D eigenvalue weighted by Crippen LogP contribution is 2.28. The molecule has 1 N–H and O–H groups in total. The average molecular weight is 314 g/mol. The van der Waals surface area contributed by atoms with Crippen molar-refractivity contribution in [2.75, 3.05) is 12.4 Å². The van der Waals surface area contributed by atoms with Crippen molar-refractivity contribution < 1.29 is 13.9 Å². The Hall–Kier alpha value is -2.56. The molecular weight excluding hydrogens is 292 g/mol. The van der Waals surface area contributed by atoms with E-state index in [1.54, 1.807) is 6.26 Å². The van der Waals surface area contributed by atoms with Crippen LogP contribution < -0.4 is 5.32 Å². The summed E-state index contributed by atoms with van der Waals surface area (Å²) in [5.41, 5.74) is 3.58. The molecule has 0 aliphatic rings. The third kappa shape index (κ3) is 4.98. The Morgan fingerprint density at radius 3 is 2.87 bits per heavy atom. The standard InChI is InChI=1S/C18H22N2O3/c1-13(2)19-15-9-5-4-8-14(15)16-12-23-17(20-16)10-6-7-11-18(21)22-3/h4-5,8-9,12,19H,1,6-7,10-11H2,2-3H3. The SMILES string of the molecule is C=C(C)Nc1ccccc1-c1coc(CCCCC(=O)OC)n1. The summed E-state index contributed by atoms with van der Waals surface area (Å²) in [6.07, 6.45) is 4.38. The van der Waals surface area contributed by atoms with Gasteiger partial charge in [0, 0.05) is 29.8 Å². The highest BCUT2D eigenvalue weighted by Gasteiger charge is 2.10. The second-order valence-corrected chi connectivity index (χ2v) is 5.36. The van der Waals surface area contributed by atoms with Crippen LogP contribution in [0.2, 0.25) is 0 Å². The summed E-state index contributed by atoms with van der Waals surface area (Å²) in [6.45, 7) is 5.78. The van der Waals surface area contributed by atoms with Gasteiger partial charge in [0.1, 0.15) is 12.0 Å². The number of benzene rings is 1. The monoisotopic (exact) mass is 314 g/mol. The molecular formula is C18H22N2O3. The Kier molecular flexibility index (Phi) is 5.97. The van der Waals surface area contributed by atoms with Gasteiger partial charge in [0.15, 0.2) is 5.89 Å². The first-order valence-electron chi connectivity index (χ1n) is 7.63. The minimum absolute atomic E-state index is 0.183. The van der Waals surface area contributed by atoms with Crippen LogP contribution in [0.3, 0.4) is 0 Å². The van der Waals surface area contributed by atoms with Crippen molar-refractivity contribution in [3.63, 3.8) is 0 Å². The number of hydrogen-bond acceptors (Lipinski definition) is 5. The lowest BCUT2D eigenvalue weighted by atomic mass is 10.1. The zero-order valence-corrected chi connectivity index (χ0v) is 13.6. The number of methoxy groups -OCH3 is 1. The first-order valence-corrected chi connectivity index (χ1v) is 7.63. The van der Waals surface area contributed by atoms with Gasteiger partial charge in [-0.2, -0.15) is 0 Å². The van der Waals surface area contributed by atoms with Crippen molar-refractivity contribution in [3.05, 3.63) is 48.7 Å². The molecule has 0 amide bonds. The minimum atomic E-state index is -0.183. The number of carbonyl (C=O) groups excluding carboxylic acids is 1. The Morgan fingerprint density at radius 1 is 1.35 bits per heavy atom. The molecule has 0 bridgehead atoms. The quantitative estimate of drug-likeness (QED) is 0.585. The van der Waals surface area contributed by atoms with Gasteiger partial charge >= 0.3 is 5.97 Å². The number of oxazole rings is 1. The lowest BCUT2D eigenvalue weighted by Crippen LogP contribution is -1.99. The van der Waals surface area contributed by atoms with Crippen LogP contribution in [-0.2, 0) is 16.0 Å². The van der Waals surface area contributed by atoms with Crippen molar-refractivity contribution in [1.29, 1.82) is 0 Å². The number of aryl methyl sites for hydroxylation is 1. The summed E-state index contributed by atoms with van der Waals surface area (Å²) < 4.78 is 10.2. The molecule has 1 heterocycles. The highest BCUT2D eigenvalue weighted by atomic mass is 16.5. The molecule has 23 heavy (non-hydrogen) atoms. The molecule has 5 heteroatoms. The number of nitrogens with zero attached hydrogens (tertiary/aromatic N) is 1. The van der Waals surface area contributed by atoms with E-state index in [1.807, 2.05) is 31.2 Å². The van der Waals surface area contributed by atoms with E-state index in [4.69, 9.17) is 4.42 Å². The Labute approximate surface area is 136 Å². The van der Waals surface area contributed by atoms with E-state index < -0.39 is 0 Å². The van der Waals surface area contributed by atoms with Crippen LogP contribution in [0.25, 0.3) is 11.3 Å². The summed E-state index contributed by atoms with van der Waals surface area (Å²) in [5.74, 6) is 0.493. The second kappa shape index (κ2) is 8.17. The zero-order valence-electron chi connectivity index (χ0n) is 13.6. The number of hydrogen-bond donors (Lipinski definition) is 1.